The Morgan fingerprint density at radius 3 is 2.00 bits per heavy atom. The van der Waals surface area contributed by atoms with E-state index in [2.05, 4.69) is 11.8 Å². The zero-order valence-corrected chi connectivity index (χ0v) is 9.49. The third-order valence-electron chi connectivity index (χ3n) is 1.87. The number of benzene rings is 1. The Kier molecular flexibility index (Phi) is 4.64. The highest BCUT2D eigenvalue weighted by atomic mass is 16.5. The zero-order valence-electron chi connectivity index (χ0n) is 9.49. The molecule has 0 saturated carbocycles. The van der Waals surface area contributed by atoms with Crippen molar-refractivity contribution < 1.29 is 19.0 Å². The van der Waals surface area contributed by atoms with Crippen molar-refractivity contribution >= 4 is 5.97 Å². The number of carbonyl (C=O) groups excluding carboxylic acids is 1. The van der Waals surface area contributed by atoms with Crippen LogP contribution in [0.2, 0.25) is 0 Å². The number of carbonyl (C=O) groups is 1. The quantitative estimate of drug-likeness (QED) is 0.719. The molecule has 0 fully saturated rings. The molecule has 4 heteroatoms. The van der Waals surface area contributed by atoms with Crippen LogP contribution in [0.5, 0.6) is 11.5 Å². The van der Waals surface area contributed by atoms with E-state index < -0.39 is 5.97 Å². The van der Waals surface area contributed by atoms with Crippen LogP contribution in [-0.4, -0.2) is 19.2 Å². The first-order chi connectivity index (χ1) is 7.71. The highest BCUT2D eigenvalue weighted by molar-refractivity contribution is 5.90. The first-order valence-electron chi connectivity index (χ1n) is 5.08. The van der Waals surface area contributed by atoms with Gasteiger partial charge in [-0.15, -0.1) is 0 Å². The van der Waals surface area contributed by atoms with E-state index in [0.29, 0.717) is 30.3 Å². The SMILES string of the molecule is [CH2]OC(=O)c1cc(OCC)cc(OCC)c1. The molecular weight excluding hydrogens is 208 g/mol. The van der Waals surface area contributed by atoms with E-state index >= 15 is 0 Å². The predicted molar refractivity (Wildman–Crippen MR) is 59.6 cm³/mol. The Bertz CT molecular complexity index is 336. The Labute approximate surface area is 95.1 Å². The molecule has 1 aromatic carbocycles. The fraction of sp³-hybridized carbons (Fsp3) is 0.333. The maximum absolute atomic E-state index is 11.3. The average molecular weight is 223 g/mol. The van der Waals surface area contributed by atoms with Crippen LogP contribution in [0.15, 0.2) is 18.2 Å². The minimum atomic E-state index is -0.512. The molecule has 1 radical (unpaired) electrons. The van der Waals surface area contributed by atoms with Gasteiger partial charge in [-0.1, -0.05) is 0 Å². The Hall–Kier alpha value is -1.71. The van der Waals surface area contributed by atoms with Crippen LogP contribution in [-0.2, 0) is 4.74 Å². The average Bonchev–Trinajstić information content (AvgIpc) is 2.28. The first-order valence-corrected chi connectivity index (χ1v) is 5.08. The Morgan fingerprint density at radius 1 is 1.12 bits per heavy atom. The second-order valence-corrected chi connectivity index (χ2v) is 2.99. The summed E-state index contributed by atoms with van der Waals surface area (Å²) in [5.41, 5.74) is 0.365. The maximum Gasteiger partial charge on any atom is 0.338 e. The lowest BCUT2D eigenvalue weighted by Gasteiger charge is -2.09. The van der Waals surface area contributed by atoms with Gasteiger partial charge in [0.1, 0.15) is 18.6 Å². The van der Waals surface area contributed by atoms with Crippen LogP contribution in [0.1, 0.15) is 24.2 Å². The molecule has 1 rings (SSSR count). The van der Waals surface area contributed by atoms with Gasteiger partial charge in [0.25, 0.3) is 0 Å². The van der Waals surface area contributed by atoms with E-state index in [9.17, 15) is 4.79 Å². The molecule has 0 unspecified atom stereocenters. The Morgan fingerprint density at radius 2 is 1.62 bits per heavy atom. The first kappa shape index (κ1) is 12.4. The van der Waals surface area contributed by atoms with E-state index in [0.717, 1.165) is 0 Å². The molecule has 0 aliphatic rings. The van der Waals surface area contributed by atoms with Gasteiger partial charge in [0.15, 0.2) is 0 Å². The van der Waals surface area contributed by atoms with Crippen LogP contribution < -0.4 is 9.47 Å². The molecule has 1 aromatic rings. The molecule has 0 atom stereocenters. The third kappa shape index (κ3) is 3.15. The summed E-state index contributed by atoms with van der Waals surface area (Å²) in [6.07, 6.45) is 0. The number of hydrogen-bond acceptors (Lipinski definition) is 4. The molecule has 0 heterocycles. The van der Waals surface area contributed by atoms with Crippen molar-refractivity contribution in [1.29, 1.82) is 0 Å². The van der Waals surface area contributed by atoms with Crippen molar-refractivity contribution in [3.05, 3.63) is 30.9 Å². The fourth-order valence-corrected chi connectivity index (χ4v) is 1.27. The highest BCUT2D eigenvalue weighted by Crippen LogP contribution is 2.23. The molecule has 0 amide bonds. The van der Waals surface area contributed by atoms with Crippen molar-refractivity contribution in [1.82, 2.24) is 0 Å². The van der Waals surface area contributed by atoms with E-state index in [1.807, 2.05) is 13.8 Å². The summed E-state index contributed by atoms with van der Waals surface area (Å²) in [6.45, 7) is 4.78. The molecule has 4 nitrogen and oxygen atoms in total. The van der Waals surface area contributed by atoms with Gasteiger partial charge < -0.3 is 14.2 Å². The number of rotatable bonds is 5. The normalized spacial score (nSPS) is 9.69. The number of ether oxygens (including phenoxy) is 3. The highest BCUT2D eigenvalue weighted by Gasteiger charge is 2.10. The molecule has 0 aliphatic carbocycles. The summed E-state index contributed by atoms with van der Waals surface area (Å²) < 4.78 is 15.0. The van der Waals surface area contributed by atoms with Gasteiger partial charge in [-0.25, -0.2) is 4.79 Å². The van der Waals surface area contributed by atoms with Crippen molar-refractivity contribution in [3.8, 4) is 11.5 Å². The molecule has 0 aliphatic heterocycles. The molecule has 0 aromatic heterocycles. The van der Waals surface area contributed by atoms with Gasteiger partial charge in [-0.3, -0.25) is 0 Å². The van der Waals surface area contributed by atoms with Crippen molar-refractivity contribution in [2.45, 2.75) is 13.8 Å². The topological polar surface area (TPSA) is 44.8 Å². The molecule has 0 N–H and O–H groups in total. The van der Waals surface area contributed by atoms with Gasteiger partial charge in [-0.05, 0) is 26.0 Å². The van der Waals surface area contributed by atoms with Crippen molar-refractivity contribution in [2.75, 3.05) is 13.2 Å². The number of hydrogen-bond donors (Lipinski definition) is 0. The molecule has 0 saturated heterocycles. The van der Waals surface area contributed by atoms with Crippen LogP contribution >= 0.6 is 0 Å². The van der Waals surface area contributed by atoms with E-state index in [1.54, 1.807) is 18.2 Å². The smallest absolute Gasteiger partial charge is 0.338 e. The minimum absolute atomic E-state index is 0.365. The summed E-state index contributed by atoms with van der Waals surface area (Å²) in [5.74, 6) is 0.644. The van der Waals surface area contributed by atoms with Gasteiger partial charge in [0.2, 0.25) is 0 Å². The minimum Gasteiger partial charge on any atom is -0.494 e. The van der Waals surface area contributed by atoms with Crippen LogP contribution in [0.25, 0.3) is 0 Å². The van der Waals surface area contributed by atoms with Crippen molar-refractivity contribution in [2.24, 2.45) is 0 Å². The second kappa shape index (κ2) is 6.00. The lowest BCUT2D eigenvalue weighted by molar-refractivity contribution is 0.0653. The van der Waals surface area contributed by atoms with Gasteiger partial charge in [-0.2, -0.15) is 0 Å². The molecule has 16 heavy (non-hydrogen) atoms. The standard InChI is InChI=1S/C12H15O4/c1-4-15-10-6-9(12(13)14-3)7-11(8-10)16-5-2/h6-8H,3-5H2,1-2H3. The summed E-state index contributed by atoms with van der Waals surface area (Å²) in [7, 11) is 3.08. The lowest BCUT2D eigenvalue weighted by Crippen LogP contribution is -2.03. The summed E-state index contributed by atoms with van der Waals surface area (Å²) in [4.78, 5) is 11.3. The lowest BCUT2D eigenvalue weighted by atomic mass is 10.2. The summed E-state index contributed by atoms with van der Waals surface area (Å²) >= 11 is 0. The van der Waals surface area contributed by atoms with E-state index in [-0.39, 0.29) is 0 Å². The largest absolute Gasteiger partial charge is 0.494 e. The zero-order chi connectivity index (χ0) is 12.0. The van der Waals surface area contributed by atoms with E-state index in [1.165, 1.54) is 0 Å². The third-order valence-corrected chi connectivity index (χ3v) is 1.87. The Balaban J connectivity index is 3.02. The van der Waals surface area contributed by atoms with Gasteiger partial charge >= 0.3 is 5.97 Å². The molecule has 0 bridgehead atoms. The van der Waals surface area contributed by atoms with E-state index in [4.69, 9.17) is 9.47 Å². The van der Waals surface area contributed by atoms with Gasteiger partial charge in [0.05, 0.1) is 18.8 Å². The molecule has 87 valence electrons. The second-order valence-electron chi connectivity index (χ2n) is 2.99. The summed E-state index contributed by atoms with van der Waals surface area (Å²) in [6, 6.07) is 4.92. The van der Waals surface area contributed by atoms with Crippen LogP contribution in [0.4, 0.5) is 0 Å². The van der Waals surface area contributed by atoms with Gasteiger partial charge in [0, 0.05) is 6.07 Å². The molecular formula is C12H15O4. The summed E-state index contributed by atoms with van der Waals surface area (Å²) in [5, 5.41) is 0. The van der Waals surface area contributed by atoms with Crippen LogP contribution in [0, 0.1) is 7.11 Å². The maximum atomic E-state index is 11.3. The monoisotopic (exact) mass is 223 g/mol. The molecule has 0 spiro atoms. The van der Waals surface area contributed by atoms with Crippen LogP contribution in [0.3, 0.4) is 0 Å². The number of esters is 1. The van der Waals surface area contributed by atoms with Crippen molar-refractivity contribution in [3.63, 3.8) is 0 Å². The fourth-order valence-electron chi connectivity index (χ4n) is 1.27. The predicted octanol–water partition coefficient (Wildman–Crippen LogP) is 2.43.